The fourth-order valence-corrected chi connectivity index (χ4v) is 5.92. The number of morpholine rings is 1. The molecule has 6 rings (SSSR count). The van der Waals surface area contributed by atoms with E-state index in [0.717, 1.165) is 22.9 Å². The Kier molecular flexibility index (Phi) is 4.77. The van der Waals surface area contributed by atoms with Crippen molar-refractivity contribution < 1.29 is 27.5 Å². The number of nitrogens with zero attached hydrogens (tertiary/aromatic N) is 6. The second kappa shape index (κ2) is 7.52. The van der Waals surface area contributed by atoms with E-state index < -0.39 is 12.0 Å². The van der Waals surface area contributed by atoms with Crippen LogP contribution >= 0.6 is 0 Å². The molecule has 1 N–H and O–H groups in total. The number of alkyl halides is 3. The zero-order valence-corrected chi connectivity index (χ0v) is 18.3. The smallest absolute Gasteiger partial charge is 0.366 e. The van der Waals surface area contributed by atoms with E-state index in [9.17, 15) is 22.8 Å². The zero-order chi connectivity index (χ0) is 23.7. The summed E-state index contributed by atoms with van der Waals surface area (Å²) in [5.41, 5.74) is 0.951. The van der Waals surface area contributed by atoms with Gasteiger partial charge in [-0.2, -0.15) is 18.2 Å². The molecule has 182 valence electrons. The van der Waals surface area contributed by atoms with E-state index >= 15 is 0 Å². The molecule has 0 radical (unpaired) electrons. The second-order valence-electron chi connectivity index (χ2n) is 10.0. The largest absolute Gasteiger partial charge is 0.453 e. The lowest BCUT2D eigenvalue weighted by Crippen LogP contribution is -2.68. The van der Waals surface area contributed by atoms with Crippen molar-refractivity contribution in [3.8, 4) is 0 Å². The molecule has 4 aliphatic rings. The van der Waals surface area contributed by atoms with E-state index in [2.05, 4.69) is 20.4 Å². The first-order chi connectivity index (χ1) is 16.2. The van der Waals surface area contributed by atoms with Crippen molar-refractivity contribution in [2.45, 2.75) is 44.0 Å². The van der Waals surface area contributed by atoms with E-state index in [1.165, 1.54) is 0 Å². The number of urea groups is 1. The van der Waals surface area contributed by atoms with E-state index in [1.807, 2.05) is 4.90 Å². The lowest BCUT2D eigenvalue weighted by molar-refractivity contribution is -0.144. The number of ether oxygens (including phenoxy) is 1. The van der Waals surface area contributed by atoms with Crippen LogP contribution in [0, 0.1) is 11.3 Å². The van der Waals surface area contributed by atoms with Crippen LogP contribution in [0.3, 0.4) is 0 Å². The first kappa shape index (κ1) is 21.6. The lowest BCUT2D eigenvalue weighted by atomic mass is 9.56. The van der Waals surface area contributed by atoms with Crippen molar-refractivity contribution in [1.29, 1.82) is 0 Å². The Morgan fingerprint density at radius 2 is 2.06 bits per heavy atom. The highest BCUT2D eigenvalue weighted by Gasteiger charge is 2.54. The summed E-state index contributed by atoms with van der Waals surface area (Å²) in [6.07, 6.45) is 1.84. The van der Waals surface area contributed by atoms with Gasteiger partial charge in [0.15, 0.2) is 0 Å². The number of nitrogens with one attached hydrogen (secondary N) is 1. The Hall–Kier alpha value is -2.96. The molecule has 2 atom stereocenters. The molecular weight excluding hydrogens is 455 g/mol. The van der Waals surface area contributed by atoms with Gasteiger partial charge in [-0.3, -0.25) is 4.79 Å². The maximum Gasteiger partial charge on any atom is 0.453 e. The van der Waals surface area contributed by atoms with Gasteiger partial charge in [0, 0.05) is 44.0 Å². The standard InChI is InChI=1S/C21H24F3N7O3/c22-21(23,24)17-27-18-25-6-13(7-31(18)28-17)3-12-4-20(5-12)10-30(11-20)19(33)29-2-1-15-14(8-29)26-16(32)9-34-15/h6-7,12,14-15H,1-5,8-11H2,(H,26,32)/t14-,15+/m1/s1. The maximum atomic E-state index is 12.9. The van der Waals surface area contributed by atoms with E-state index in [1.54, 1.807) is 17.3 Å². The minimum Gasteiger partial charge on any atom is -0.366 e. The van der Waals surface area contributed by atoms with Crippen molar-refractivity contribution >= 4 is 17.7 Å². The van der Waals surface area contributed by atoms with Crippen LogP contribution < -0.4 is 5.32 Å². The minimum atomic E-state index is -4.60. The van der Waals surface area contributed by atoms with Gasteiger partial charge in [-0.1, -0.05) is 0 Å². The average Bonchev–Trinajstić information content (AvgIpc) is 3.17. The molecule has 3 aliphatic heterocycles. The first-order valence-corrected chi connectivity index (χ1v) is 11.4. The molecule has 5 heterocycles. The number of hydrogen-bond donors (Lipinski definition) is 1. The molecular formula is C21H24F3N7O3. The van der Waals surface area contributed by atoms with Gasteiger partial charge in [0.1, 0.15) is 6.61 Å². The summed E-state index contributed by atoms with van der Waals surface area (Å²) in [5.74, 6) is -1.01. The van der Waals surface area contributed by atoms with Crippen LogP contribution in [0.5, 0.6) is 0 Å². The molecule has 2 aromatic rings. The maximum absolute atomic E-state index is 12.9. The van der Waals surface area contributed by atoms with E-state index in [4.69, 9.17) is 4.74 Å². The van der Waals surface area contributed by atoms with Crippen LogP contribution in [0.4, 0.5) is 18.0 Å². The fourth-order valence-electron chi connectivity index (χ4n) is 5.92. The Bertz CT molecular complexity index is 1140. The fraction of sp³-hybridized carbons (Fsp3) is 0.667. The molecule has 34 heavy (non-hydrogen) atoms. The van der Waals surface area contributed by atoms with Crippen molar-refractivity contribution in [2.24, 2.45) is 11.3 Å². The molecule has 1 saturated carbocycles. The van der Waals surface area contributed by atoms with Crippen LogP contribution in [0.2, 0.25) is 0 Å². The molecule has 1 aliphatic carbocycles. The zero-order valence-electron chi connectivity index (χ0n) is 18.3. The number of carbonyl (C=O) groups excluding carboxylic acids is 2. The molecule has 3 amide bonds. The number of fused-ring (bicyclic) bond motifs is 2. The number of rotatable bonds is 2. The Morgan fingerprint density at radius 1 is 1.26 bits per heavy atom. The van der Waals surface area contributed by atoms with Crippen LogP contribution in [-0.4, -0.2) is 86.3 Å². The van der Waals surface area contributed by atoms with Crippen molar-refractivity contribution in [3.05, 3.63) is 23.8 Å². The third kappa shape index (κ3) is 3.75. The Balaban J connectivity index is 1.00. The quantitative estimate of drug-likeness (QED) is 0.692. The third-order valence-corrected chi connectivity index (χ3v) is 7.39. The topological polar surface area (TPSA) is 105 Å². The highest BCUT2D eigenvalue weighted by molar-refractivity contribution is 5.79. The monoisotopic (exact) mass is 479 g/mol. The summed E-state index contributed by atoms with van der Waals surface area (Å²) in [5, 5.41) is 6.41. The number of hydrogen-bond acceptors (Lipinski definition) is 6. The highest BCUT2D eigenvalue weighted by atomic mass is 19.4. The van der Waals surface area contributed by atoms with Gasteiger partial charge >= 0.3 is 12.2 Å². The van der Waals surface area contributed by atoms with Gasteiger partial charge in [0.05, 0.1) is 12.1 Å². The summed E-state index contributed by atoms with van der Waals surface area (Å²) in [7, 11) is 0. The van der Waals surface area contributed by atoms with Crippen molar-refractivity contribution in [3.63, 3.8) is 0 Å². The van der Waals surface area contributed by atoms with E-state index in [-0.39, 0.29) is 41.9 Å². The molecule has 0 aromatic carbocycles. The molecule has 1 spiro atoms. The van der Waals surface area contributed by atoms with Crippen molar-refractivity contribution in [2.75, 3.05) is 32.8 Å². The Labute approximate surface area is 192 Å². The van der Waals surface area contributed by atoms with Gasteiger partial charge in [-0.15, -0.1) is 5.10 Å². The molecule has 4 fully saturated rings. The predicted molar refractivity (Wildman–Crippen MR) is 109 cm³/mol. The molecule has 10 nitrogen and oxygen atoms in total. The SMILES string of the molecule is O=C1CO[C@H]2CCN(C(=O)N3CC4(CC(Cc5cnc6nc(C(F)(F)F)nn6c5)C4)C3)C[C@H]2N1. The van der Waals surface area contributed by atoms with Gasteiger partial charge in [-0.05, 0) is 37.2 Å². The van der Waals surface area contributed by atoms with Gasteiger partial charge in [0.2, 0.25) is 5.91 Å². The number of piperidine rings is 1. The third-order valence-electron chi connectivity index (χ3n) is 7.39. The average molecular weight is 479 g/mol. The first-order valence-electron chi connectivity index (χ1n) is 11.4. The van der Waals surface area contributed by atoms with Gasteiger partial charge in [-0.25, -0.2) is 14.3 Å². The lowest BCUT2D eigenvalue weighted by Gasteiger charge is -2.60. The molecule has 0 bridgehead atoms. The Morgan fingerprint density at radius 3 is 2.82 bits per heavy atom. The summed E-state index contributed by atoms with van der Waals surface area (Å²) in [6.45, 7) is 2.60. The second-order valence-corrected chi connectivity index (χ2v) is 10.0. The highest BCUT2D eigenvalue weighted by Crippen LogP contribution is 2.53. The summed E-state index contributed by atoms with van der Waals surface area (Å²) in [4.78, 5) is 35.6. The van der Waals surface area contributed by atoms with Crippen LogP contribution in [0.25, 0.3) is 5.78 Å². The van der Waals surface area contributed by atoms with Crippen LogP contribution in [-0.2, 0) is 22.1 Å². The van der Waals surface area contributed by atoms with Crippen LogP contribution in [0.1, 0.15) is 30.7 Å². The molecule has 13 heteroatoms. The number of likely N-dealkylation sites (tertiary alicyclic amines) is 2. The van der Waals surface area contributed by atoms with Gasteiger partial charge < -0.3 is 19.9 Å². The van der Waals surface area contributed by atoms with Crippen molar-refractivity contribution in [1.82, 2.24) is 34.7 Å². The summed E-state index contributed by atoms with van der Waals surface area (Å²) < 4.78 is 45.1. The molecule has 3 saturated heterocycles. The minimum absolute atomic E-state index is 0.00801. The number of amides is 3. The van der Waals surface area contributed by atoms with Gasteiger partial charge in [0.25, 0.3) is 11.6 Å². The van der Waals surface area contributed by atoms with Crippen LogP contribution in [0.15, 0.2) is 12.4 Å². The normalized spacial score (nSPS) is 26.7. The summed E-state index contributed by atoms with van der Waals surface area (Å²) >= 11 is 0. The number of aromatic nitrogens is 4. The molecule has 0 unspecified atom stereocenters. The van der Waals surface area contributed by atoms with E-state index in [0.29, 0.717) is 44.9 Å². The predicted octanol–water partition coefficient (Wildman–Crippen LogP) is 1.11. The number of carbonyl (C=O) groups is 2. The molecule has 2 aromatic heterocycles. The summed E-state index contributed by atoms with van der Waals surface area (Å²) in [6, 6.07) is -0.140. The number of halogens is 3.